The first-order chi connectivity index (χ1) is 15.0. The molecule has 164 valence electrons. The molecular formula is C26H31NO4. The van der Waals surface area contributed by atoms with E-state index in [4.69, 9.17) is 4.74 Å². The average molecular weight is 422 g/mol. The number of hydrogen-bond donors (Lipinski definition) is 1. The maximum Gasteiger partial charge on any atom is 0.295 e. The van der Waals surface area contributed by atoms with Gasteiger partial charge in [0.2, 0.25) is 0 Å². The zero-order valence-corrected chi connectivity index (χ0v) is 18.6. The van der Waals surface area contributed by atoms with Gasteiger partial charge in [0.1, 0.15) is 11.5 Å². The first kappa shape index (κ1) is 22.6. The van der Waals surface area contributed by atoms with E-state index in [9.17, 15) is 14.7 Å². The third kappa shape index (κ3) is 4.82. The Morgan fingerprint density at radius 2 is 1.65 bits per heavy atom. The van der Waals surface area contributed by atoms with Crippen LogP contribution in [0.3, 0.4) is 0 Å². The number of amides is 1. The molecule has 1 atom stereocenters. The molecule has 1 amide bonds. The van der Waals surface area contributed by atoms with E-state index in [0.29, 0.717) is 24.5 Å². The summed E-state index contributed by atoms with van der Waals surface area (Å²) in [5.74, 6) is -0.643. The second kappa shape index (κ2) is 10.3. The molecule has 1 aliphatic rings. The fourth-order valence-corrected chi connectivity index (χ4v) is 3.96. The number of nitrogens with zero attached hydrogens (tertiary/aromatic N) is 1. The van der Waals surface area contributed by atoms with Crippen LogP contribution in [0, 0.1) is 0 Å². The fourth-order valence-electron chi connectivity index (χ4n) is 3.96. The fraction of sp³-hybridized carbons (Fsp3) is 0.385. The van der Waals surface area contributed by atoms with Crippen molar-refractivity contribution < 1.29 is 19.4 Å². The van der Waals surface area contributed by atoms with Gasteiger partial charge in [0.05, 0.1) is 18.2 Å². The van der Waals surface area contributed by atoms with E-state index in [-0.39, 0.29) is 11.3 Å². The van der Waals surface area contributed by atoms with Gasteiger partial charge in [-0.3, -0.25) is 9.59 Å². The molecule has 1 unspecified atom stereocenters. The quantitative estimate of drug-likeness (QED) is 0.260. The van der Waals surface area contributed by atoms with Gasteiger partial charge in [-0.1, -0.05) is 51.0 Å². The van der Waals surface area contributed by atoms with Gasteiger partial charge in [0.15, 0.2) is 0 Å². The van der Waals surface area contributed by atoms with E-state index >= 15 is 0 Å². The van der Waals surface area contributed by atoms with Gasteiger partial charge in [-0.15, -0.1) is 0 Å². The van der Waals surface area contributed by atoms with Crippen molar-refractivity contribution in [2.45, 2.75) is 52.5 Å². The van der Waals surface area contributed by atoms with Crippen LogP contribution in [-0.4, -0.2) is 34.8 Å². The largest absolute Gasteiger partial charge is 0.507 e. The summed E-state index contributed by atoms with van der Waals surface area (Å²) in [6.07, 6.45) is 3.72. The highest BCUT2D eigenvalue weighted by molar-refractivity contribution is 6.46. The number of rotatable bonds is 9. The van der Waals surface area contributed by atoms with Gasteiger partial charge >= 0.3 is 0 Å². The van der Waals surface area contributed by atoms with Crippen molar-refractivity contribution in [1.82, 2.24) is 4.90 Å². The van der Waals surface area contributed by atoms with Crippen molar-refractivity contribution in [2.75, 3.05) is 13.2 Å². The summed E-state index contributed by atoms with van der Waals surface area (Å²) in [6, 6.07) is 14.3. The number of Topliss-reactive ketones (excluding diaryl/α,β-unsaturated/α-hetero) is 1. The topological polar surface area (TPSA) is 66.8 Å². The number of carbonyl (C=O) groups is 2. The van der Waals surface area contributed by atoms with E-state index in [1.807, 2.05) is 31.2 Å². The molecule has 2 aromatic rings. The SMILES string of the molecule is CCCCCN1C(=O)C(=O)/C(=C(\O)c2ccc(OCC)cc2)C1c1ccc(CC)cc1. The lowest BCUT2D eigenvalue weighted by atomic mass is 9.94. The van der Waals surface area contributed by atoms with Crippen LogP contribution < -0.4 is 4.74 Å². The molecule has 0 spiro atoms. The second-order valence-corrected chi connectivity index (χ2v) is 7.75. The molecule has 1 heterocycles. The van der Waals surface area contributed by atoms with Gasteiger partial charge in [-0.25, -0.2) is 0 Å². The maximum absolute atomic E-state index is 13.0. The molecule has 0 bridgehead atoms. The molecule has 1 N–H and O–H groups in total. The number of hydrogen-bond acceptors (Lipinski definition) is 4. The van der Waals surface area contributed by atoms with Gasteiger partial charge in [-0.05, 0) is 55.2 Å². The van der Waals surface area contributed by atoms with E-state index in [1.54, 1.807) is 29.2 Å². The Balaban J connectivity index is 2.06. The zero-order valence-electron chi connectivity index (χ0n) is 18.6. The Hall–Kier alpha value is -3.08. The summed E-state index contributed by atoms with van der Waals surface area (Å²) >= 11 is 0. The lowest BCUT2D eigenvalue weighted by Crippen LogP contribution is -2.30. The summed E-state index contributed by atoms with van der Waals surface area (Å²) in [6.45, 7) is 7.11. The molecule has 5 nitrogen and oxygen atoms in total. The van der Waals surface area contributed by atoms with Gasteiger partial charge in [0, 0.05) is 12.1 Å². The standard InChI is InChI=1S/C26H31NO4/c1-4-7-8-17-27-23(19-11-9-18(5-2)10-12-19)22(25(29)26(27)30)24(28)20-13-15-21(16-14-20)31-6-3/h9-16,23,28H,4-8,17H2,1-3H3/b24-22-. The van der Waals surface area contributed by atoms with E-state index in [1.165, 1.54) is 5.56 Å². The van der Waals surface area contributed by atoms with Crippen LogP contribution >= 0.6 is 0 Å². The van der Waals surface area contributed by atoms with Crippen LogP contribution in [0.25, 0.3) is 5.76 Å². The van der Waals surface area contributed by atoms with Crippen molar-refractivity contribution in [3.05, 3.63) is 70.8 Å². The Bertz CT molecular complexity index is 944. The number of aliphatic hydroxyl groups is 1. The maximum atomic E-state index is 13.0. The Morgan fingerprint density at radius 3 is 2.23 bits per heavy atom. The Morgan fingerprint density at radius 1 is 0.968 bits per heavy atom. The predicted octanol–water partition coefficient (Wildman–Crippen LogP) is 5.26. The van der Waals surface area contributed by atoms with Crippen molar-refractivity contribution in [3.8, 4) is 5.75 Å². The van der Waals surface area contributed by atoms with Crippen LogP contribution in [0.2, 0.25) is 0 Å². The number of unbranched alkanes of at least 4 members (excludes halogenated alkanes) is 2. The number of aryl methyl sites for hydroxylation is 1. The van der Waals surface area contributed by atoms with Crippen LogP contribution in [0.15, 0.2) is 54.1 Å². The van der Waals surface area contributed by atoms with Crippen LogP contribution in [0.4, 0.5) is 0 Å². The zero-order chi connectivity index (χ0) is 22.4. The molecule has 1 saturated heterocycles. The van der Waals surface area contributed by atoms with Gasteiger partial charge in [-0.2, -0.15) is 0 Å². The van der Waals surface area contributed by atoms with Gasteiger partial charge in [0.25, 0.3) is 11.7 Å². The summed E-state index contributed by atoms with van der Waals surface area (Å²) in [5.41, 5.74) is 2.65. The van der Waals surface area contributed by atoms with Crippen molar-refractivity contribution in [3.63, 3.8) is 0 Å². The molecule has 31 heavy (non-hydrogen) atoms. The predicted molar refractivity (Wildman–Crippen MR) is 122 cm³/mol. The highest BCUT2D eigenvalue weighted by Crippen LogP contribution is 2.39. The molecule has 0 aromatic heterocycles. The van der Waals surface area contributed by atoms with E-state index in [2.05, 4.69) is 13.8 Å². The normalized spacial score (nSPS) is 17.9. The number of carbonyl (C=O) groups excluding carboxylic acids is 2. The Labute approximate surface area is 184 Å². The minimum Gasteiger partial charge on any atom is -0.507 e. The summed E-state index contributed by atoms with van der Waals surface area (Å²) in [4.78, 5) is 27.5. The molecule has 2 aromatic carbocycles. The number of likely N-dealkylation sites (tertiary alicyclic amines) is 1. The minimum absolute atomic E-state index is 0.148. The molecule has 1 fully saturated rings. The highest BCUT2D eigenvalue weighted by Gasteiger charge is 2.45. The molecule has 3 rings (SSSR count). The minimum atomic E-state index is -0.632. The molecule has 5 heteroatoms. The molecule has 0 radical (unpaired) electrons. The number of benzene rings is 2. The average Bonchev–Trinajstić information content (AvgIpc) is 3.04. The van der Waals surface area contributed by atoms with E-state index in [0.717, 1.165) is 31.2 Å². The third-order valence-electron chi connectivity index (χ3n) is 5.68. The lowest BCUT2D eigenvalue weighted by molar-refractivity contribution is -0.139. The molecule has 0 aliphatic carbocycles. The summed E-state index contributed by atoms with van der Waals surface area (Å²) < 4.78 is 5.46. The van der Waals surface area contributed by atoms with Crippen LogP contribution in [0.1, 0.15) is 62.8 Å². The Kier molecular flexibility index (Phi) is 7.50. The number of ether oxygens (including phenoxy) is 1. The van der Waals surface area contributed by atoms with Gasteiger partial charge < -0.3 is 14.7 Å². The lowest BCUT2D eigenvalue weighted by Gasteiger charge is -2.25. The molecular weight excluding hydrogens is 390 g/mol. The van der Waals surface area contributed by atoms with E-state index < -0.39 is 17.7 Å². The van der Waals surface area contributed by atoms with Crippen molar-refractivity contribution in [1.29, 1.82) is 0 Å². The number of ketones is 1. The monoisotopic (exact) mass is 421 g/mol. The highest BCUT2D eigenvalue weighted by atomic mass is 16.5. The first-order valence-corrected chi connectivity index (χ1v) is 11.1. The van der Waals surface area contributed by atoms with Crippen LogP contribution in [0.5, 0.6) is 5.75 Å². The summed E-state index contributed by atoms with van der Waals surface area (Å²) in [7, 11) is 0. The molecule has 1 aliphatic heterocycles. The third-order valence-corrected chi connectivity index (χ3v) is 5.68. The smallest absolute Gasteiger partial charge is 0.295 e. The van der Waals surface area contributed by atoms with Crippen molar-refractivity contribution >= 4 is 17.4 Å². The van der Waals surface area contributed by atoms with Crippen LogP contribution in [-0.2, 0) is 16.0 Å². The first-order valence-electron chi connectivity index (χ1n) is 11.1. The number of aliphatic hydroxyl groups excluding tert-OH is 1. The second-order valence-electron chi connectivity index (χ2n) is 7.75. The summed E-state index contributed by atoms with van der Waals surface area (Å²) in [5, 5.41) is 11.1. The molecule has 0 saturated carbocycles. The van der Waals surface area contributed by atoms with Crippen molar-refractivity contribution in [2.24, 2.45) is 0 Å².